The molecule has 1 amide bonds. The average molecular weight is 252 g/mol. The molecule has 1 aromatic rings. The Labute approximate surface area is 107 Å². The standard InChI is InChI=1S/C13H20N2OS/c1-11(10-12-4-2-9-17-12)13(16)15-7-3-5-14-6-8-15/h2,4,9,11,14H,3,5-8,10H2,1H3. The molecule has 1 fully saturated rings. The van der Waals surface area contributed by atoms with E-state index in [4.69, 9.17) is 0 Å². The Balaban J connectivity index is 1.89. The Hall–Kier alpha value is -0.870. The van der Waals surface area contributed by atoms with Crippen molar-refractivity contribution >= 4 is 17.2 Å². The first-order valence-corrected chi connectivity index (χ1v) is 7.17. The highest BCUT2D eigenvalue weighted by atomic mass is 32.1. The molecule has 3 nitrogen and oxygen atoms in total. The van der Waals surface area contributed by atoms with Gasteiger partial charge in [0.05, 0.1) is 0 Å². The van der Waals surface area contributed by atoms with Crippen molar-refractivity contribution < 1.29 is 4.79 Å². The number of rotatable bonds is 3. The number of carbonyl (C=O) groups excluding carboxylic acids is 1. The van der Waals surface area contributed by atoms with E-state index >= 15 is 0 Å². The molecule has 0 aromatic carbocycles. The molecule has 2 rings (SSSR count). The highest BCUT2D eigenvalue weighted by Crippen LogP contribution is 2.16. The van der Waals surface area contributed by atoms with Crippen LogP contribution in [0.15, 0.2) is 17.5 Å². The van der Waals surface area contributed by atoms with E-state index in [1.165, 1.54) is 4.88 Å². The number of thiophene rings is 1. The van der Waals surface area contributed by atoms with Gasteiger partial charge in [0.1, 0.15) is 0 Å². The number of nitrogens with one attached hydrogen (secondary N) is 1. The average Bonchev–Trinajstić information content (AvgIpc) is 2.68. The molecule has 0 saturated carbocycles. The summed E-state index contributed by atoms with van der Waals surface area (Å²) in [7, 11) is 0. The molecule has 1 unspecified atom stereocenters. The predicted molar refractivity (Wildman–Crippen MR) is 71.3 cm³/mol. The van der Waals surface area contributed by atoms with Crippen LogP contribution in [0.2, 0.25) is 0 Å². The van der Waals surface area contributed by atoms with Crippen LogP contribution in [-0.4, -0.2) is 37.0 Å². The fourth-order valence-electron chi connectivity index (χ4n) is 2.20. The third-order valence-corrected chi connectivity index (χ3v) is 4.06. The van der Waals surface area contributed by atoms with Gasteiger partial charge in [0.2, 0.25) is 5.91 Å². The number of amides is 1. The van der Waals surface area contributed by atoms with Crippen LogP contribution >= 0.6 is 11.3 Å². The zero-order chi connectivity index (χ0) is 12.1. The fourth-order valence-corrected chi connectivity index (χ4v) is 3.03. The molecule has 0 spiro atoms. The van der Waals surface area contributed by atoms with E-state index in [1.54, 1.807) is 11.3 Å². The van der Waals surface area contributed by atoms with Crippen molar-refractivity contribution in [2.45, 2.75) is 19.8 Å². The van der Waals surface area contributed by atoms with E-state index in [9.17, 15) is 4.79 Å². The lowest BCUT2D eigenvalue weighted by molar-refractivity contribution is -0.134. The highest BCUT2D eigenvalue weighted by molar-refractivity contribution is 7.09. The normalized spacial score (nSPS) is 18.8. The van der Waals surface area contributed by atoms with Gasteiger partial charge in [-0.15, -0.1) is 11.3 Å². The number of hydrogen-bond acceptors (Lipinski definition) is 3. The second-order valence-corrected chi connectivity index (χ2v) is 5.65. The smallest absolute Gasteiger partial charge is 0.225 e. The van der Waals surface area contributed by atoms with Crippen molar-refractivity contribution in [3.63, 3.8) is 0 Å². The summed E-state index contributed by atoms with van der Waals surface area (Å²) in [6.07, 6.45) is 1.94. The summed E-state index contributed by atoms with van der Waals surface area (Å²) >= 11 is 1.74. The van der Waals surface area contributed by atoms with Gasteiger partial charge in [0, 0.05) is 30.4 Å². The lowest BCUT2D eigenvalue weighted by Crippen LogP contribution is -2.38. The molecule has 94 valence electrons. The first-order chi connectivity index (χ1) is 8.27. The predicted octanol–water partition coefficient (Wildman–Crippen LogP) is 1.75. The van der Waals surface area contributed by atoms with E-state index in [2.05, 4.69) is 16.8 Å². The number of hydrogen-bond donors (Lipinski definition) is 1. The van der Waals surface area contributed by atoms with Gasteiger partial charge in [0.25, 0.3) is 0 Å². The first kappa shape index (κ1) is 12.6. The number of nitrogens with zero attached hydrogens (tertiary/aromatic N) is 1. The maximum atomic E-state index is 12.3. The van der Waals surface area contributed by atoms with Gasteiger partial charge < -0.3 is 10.2 Å². The van der Waals surface area contributed by atoms with Crippen LogP contribution in [0.3, 0.4) is 0 Å². The SMILES string of the molecule is CC(Cc1cccs1)C(=O)N1CCCNCC1. The maximum Gasteiger partial charge on any atom is 0.225 e. The Morgan fingerprint density at radius 1 is 1.53 bits per heavy atom. The van der Waals surface area contributed by atoms with E-state index < -0.39 is 0 Å². The molecule has 1 N–H and O–H groups in total. The summed E-state index contributed by atoms with van der Waals surface area (Å²) < 4.78 is 0. The summed E-state index contributed by atoms with van der Waals surface area (Å²) in [6, 6.07) is 4.16. The summed E-state index contributed by atoms with van der Waals surface area (Å²) in [5, 5.41) is 5.40. The second kappa shape index (κ2) is 6.17. The van der Waals surface area contributed by atoms with Crippen LogP contribution in [0.5, 0.6) is 0 Å². The largest absolute Gasteiger partial charge is 0.341 e. The van der Waals surface area contributed by atoms with Gasteiger partial charge in [-0.1, -0.05) is 13.0 Å². The molecule has 1 aliphatic rings. The molecule has 0 aliphatic carbocycles. The molecule has 1 aliphatic heterocycles. The molecule has 1 atom stereocenters. The lowest BCUT2D eigenvalue weighted by atomic mass is 10.1. The van der Waals surface area contributed by atoms with Gasteiger partial charge in [0.15, 0.2) is 0 Å². The van der Waals surface area contributed by atoms with Crippen LogP contribution in [0, 0.1) is 5.92 Å². The summed E-state index contributed by atoms with van der Waals surface area (Å²) in [5.41, 5.74) is 0. The molecule has 2 heterocycles. The molecular weight excluding hydrogens is 232 g/mol. The van der Waals surface area contributed by atoms with Crippen LogP contribution < -0.4 is 5.32 Å². The van der Waals surface area contributed by atoms with Crippen molar-refractivity contribution in [3.05, 3.63) is 22.4 Å². The quantitative estimate of drug-likeness (QED) is 0.889. The van der Waals surface area contributed by atoms with E-state index in [0.717, 1.165) is 39.0 Å². The Morgan fingerprint density at radius 2 is 2.41 bits per heavy atom. The van der Waals surface area contributed by atoms with Crippen LogP contribution in [0.25, 0.3) is 0 Å². The lowest BCUT2D eigenvalue weighted by Gasteiger charge is -2.23. The fraction of sp³-hybridized carbons (Fsp3) is 0.615. The minimum absolute atomic E-state index is 0.103. The van der Waals surface area contributed by atoms with Gasteiger partial charge in [-0.25, -0.2) is 0 Å². The minimum Gasteiger partial charge on any atom is -0.341 e. The second-order valence-electron chi connectivity index (χ2n) is 4.61. The third kappa shape index (κ3) is 3.54. The van der Waals surface area contributed by atoms with Gasteiger partial charge >= 0.3 is 0 Å². The Morgan fingerprint density at radius 3 is 3.18 bits per heavy atom. The zero-order valence-electron chi connectivity index (χ0n) is 10.3. The Bertz CT molecular complexity index is 342. The zero-order valence-corrected chi connectivity index (χ0v) is 11.1. The monoisotopic (exact) mass is 252 g/mol. The molecule has 0 radical (unpaired) electrons. The molecule has 1 saturated heterocycles. The first-order valence-electron chi connectivity index (χ1n) is 6.29. The van der Waals surface area contributed by atoms with Crippen LogP contribution in [-0.2, 0) is 11.2 Å². The third-order valence-electron chi connectivity index (χ3n) is 3.16. The van der Waals surface area contributed by atoms with E-state index in [1.807, 2.05) is 17.9 Å². The van der Waals surface area contributed by atoms with Crippen molar-refractivity contribution in [1.82, 2.24) is 10.2 Å². The van der Waals surface area contributed by atoms with E-state index in [0.29, 0.717) is 5.91 Å². The topological polar surface area (TPSA) is 32.3 Å². The number of carbonyl (C=O) groups is 1. The molecular formula is C13H20N2OS. The maximum absolute atomic E-state index is 12.3. The van der Waals surface area contributed by atoms with Crippen LogP contribution in [0.1, 0.15) is 18.2 Å². The molecule has 1 aromatic heterocycles. The van der Waals surface area contributed by atoms with Crippen LogP contribution in [0.4, 0.5) is 0 Å². The van der Waals surface area contributed by atoms with Gasteiger partial charge in [-0.05, 0) is 30.8 Å². The minimum atomic E-state index is 0.103. The van der Waals surface area contributed by atoms with Gasteiger partial charge in [-0.3, -0.25) is 4.79 Å². The van der Waals surface area contributed by atoms with Crippen molar-refractivity contribution in [2.24, 2.45) is 5.92 Å². The molecule has 0 bridgehead atoms. The van der Waals surface area contributed by atoms with Gasteiger partial charge in [-0.2, -0.15) is 0 Å². The van der Waals surface area contributed by atoms with E-state index in [-0.39, 0.29) is 5.92 Å². The summed E-state index contributed by atoms with van der Waals surface area (Å²) in [6.45, 7) is 5.76. The highest BCUT2D eigenvalue weighted by Gasteiger charge is 2.21. The van der Waals surface area contributed by atoms with Crippen molar-refractivity contribution in [3.8, 4) is 0 Å². The summed E-state index contributed by atoms with van der Waals surface area (Å²) in [5.74, 6) is 0.411. The van der Waals surface area contributed by atoms with Crippen molar-refractivity contribution in [1.29, 1.82) is 0 Å². The Kier molecular flexibility index (Phi) is 4.57. The summed E-state index contributed by atoms with van der Waals surface area (Å²) in [4.78, 5) is 15.6. The molecule has 4 heteroatoms. The van der Waals surface area contributed by atoms with Crippen molar-refractivity contribution in [2.75, 3.05) is 26.2 Å². The molecule has 17 heavy (non-hydrogen) atoms.